The van der Waals surface area contributed by atoms with Crippen molar-refractivity contribution in [3.8, 4) is 11.3 Å². The van der Waals surface area contributed by atoms with Gasteiger partial charge in [-0.1, -0.05) is 55.2 Å². The van der Waals surface area contributed by atoms with Crippen molar-refractivity contribution in [2.75, 3.05) is 6.66 Å². The van der Waals surface area contributed by atoms with Crippen molar-refractivity contribution in [3.63, 3.8) is 0 Å². The summed E-state index contributed by atoms with van der Waals surface area (Å²) in [6.07, 6.45) is 6.02. The van der Waals surface area contributed by atoms with Gasteiger partial charge in [0, 0.05) is 6.07 Å². The second-order valence-electron chi connectivity index (χ2n) is 10.6. The third-order valence-electron chi connectivity index (χ3n) is 7.64. The van der Waals surface area contributed by atoms with E-state index in [4.69, 9.17) is 0 Å². The molecule has 156 valence electrons. The Morgan fingerprint density at radius 1 is 1.00 bits per heavy atom. The van der Waals surface area contributed by atoms with Crippen LogP contribution >= 0.6 is 7.92 Å². The van der Waals surface area contributed by atoms with Crippen LogP contribution in [0.4, 0.5) is 0 Å². The molecule has 1 unspecified atom stereocenters. The molecule has 3 heteroatoms. The highest BCUT2D eigenvalue weighted by molar-refractivity contribution is 7.73. The lowest BCUT2D eigenvalue weighted by atomic mass is 9.83. The summed E-state index contributed by atoms with van der Waals surface area (Å²) < 4.78 is 2.39. The predicted octanol–water partition coefficient (Wildman–Crippen LogP) is 5.20. The molecule has 0 saturated carbocycles. The van der Waals surface area contributed by atoms with E-state index >= 15 is 0 Å². The van der Waals surface area contributed by atoms with Gasteiger partial charge in [0.2, 0.25) is 5.69 Å². The summed E-state index contributed by atoms with van der Waals surface area (Å²) in [5.74, 6) is 0. The van der Waals surface area contributed by atoms with Crippen LogP contribution in [0.25, 0.3) is 32.8 Å². The Kier molecular flexibility index (Phi) is 4.12. The minimum absolute atomic E-state index is 0.374. The molecule has 6 rings (SSSR count). The summed E-state index contributed by atoms with van der Waals surface area (Å²) in [6, 6.07) is 14.5. The number of fused-ring (bicyclic) bond motifs is 3. The van der Waals surface area contributed by atoms with E-state index < -0.39 is 8.07 Å². The van der Waals surface area contributed by atoms with Gasteiger partial charge in [0.25, 0.3) is 0 Å². The van der Waals surface area contributed by atoms with E-state index in [0.717, 1.165) is 0 Å². The van der Waals surface area contributed by atoms with Gasteiger partial charge in [0.15, 0.2) is 6.20 Å². The Bertz CT molecular complexity index is 1430. The Morgan fingerprint density at radius 3 is 2.58 bits per heavy atom. The minimum Gasteiger partial charge on any atom is -0.200 e. The summed E-state index contributed by atoms with van der Waals surface area (Å²) >= 11 is 0. The first kappa shape index (κ1) is 19.6. The highest BCUT2D eigenvalue weighted by atomic mass is 31.1. The van der Waals surface area contributed by atoms with Crippen LogP contribution in [0.1, 0.15) is 23.1 Å². The largest absolute Gasteiger partial charge is 0.221 e. The van der Waals surface area contributed by atoms with E-state index in [2.05, 4.69) is 87.4 Å². The molecule has 0 spiro atoms. The van der Waals surface area contributed by atoms with Gasteiger partial charge in [-0.15, -0.1) is 0 Å². The van der Waals surface area contributed by atoms with E-state index in [1.54, 1.807) is 32.3 Å². The Labute approximate surface area is 187 Å². The number of pyridine rings is 1. The van der Waals surface area contributed by atoms with Gasteiger partial charge >= 0.3 is 0 Å². The molecular weight excluding hydrogens is 409 g/mol. The number of nitrogens with zero attached hydrogens (tertiary/aromatic N) is 1. The molecule has 31 heavy (non-hydrogen) atoms. The average Bonchev–Trinajstić information content (AvgIpc) is 2.74. The fraction of sp³-hybridized carbons (Fsp3) is 0.321. The van der Waals surface area contributed by atoms with Gasteiger partial charge in [-0.25, -0.2) is 4.57 Å². The first-order valence-corrected chi connectivity index (χ1v) is 16.8. The second kappa shape index (κ2) is 6.50. The maximum Gasteiger partial charge on any atom is 0.221 e. The molecule has 1 atom stereocenters. The van der Waals surface area contributed by atoms with Crippen LogP contribution in [-0.2, 0) is 19.9 Å². The lowest BCUT2D eigenvalue weighted by molar-refractivity contribution is -0.659. The number of hydrogen-bond donors (Lipinski definition) is 0. The minimum atomic E-state index is -1.40. The summed E-state index contributed by atoms with van der Waals surface area (Å²) in [5.41, 5.74) is 7.69. The van der Waals surface area contributed by atoms with Crippen LogP contribution in [0.2, 0.25) is 19.6 Å². The van der Waals surface area contributed by atoms with Gasteiger partial charge < -0.3 is 0 Å². The molecule has 0 radical (unpaired) electrons. The fourth-order valence-electron chi connectivity index (χ4n) is 6.02. The van der Waals surface area contributed by atoms with Crippen molar-refractivity contribution in [2.24, 2.45) is 7.05 Å². The van der Waals surface area contributed by atoms with Crippen LogP contribution in [-0.4, -0.2) is 14.7 Å². The van der Waals surface area contributed by atoms with Gasteiger partial charge in [0.1, 0.15) is 7.05 Å². The first-order valence-electron chi connectivity index (χ1n) is 11.6. The van der Waals surface area contributed by atoms with Crippen LogP contribution in [0.3, 0.4) is 0 Å². The molecule has 0 fully saturated rings. The zero-order valence-corrected chi connectivity index (χ0v) is 21.5. The Hall–Kier alpha value is -2.02. The molecule has 0 amide bonds. The molecular formula is C28H31NPSi+. The first-order chi connectivity index (χ1) is 14.8. The lowest BCUT2D eigenvalue weighted by Gasteiger charge is -2.32. The number of aromatic nitrogens is 1. The quantitative estimate of drug-likeness (QED) is 0.218. The molecule has 1 aliphatic carbocycles. The Balaban J connectivity index is 1.84. The van der Waals surface area contributed by atoms with E-state index in [9.17, 15) is 0 Å². The lowest BCUT2D eigenvalue weighted by Crippen LogP contribution is -2.42. The fourth-order valence-corrected chi connectivity index (χ4v) is 9.69. The highest BCUT2D eigenvalue weighted by Gasteiger charge is 2.36. The topological polar surface area (TPSA) is 3.88 Å². The van der Waals surface area contributed by atoms with Gasteiger partial charge in [0.05, 0.1) is 19.0 Å². The van der Waals surface area contributed by atoms with Crippen molar-refractivity contribution < 1.29 is 4.57 Å². The molecule has 4 aromatic rings. The van der Waals surface area contributed by atoms with E-state index in [-0.39, 0.29) is 7.92 Å². The number of aryl methyl sites for hydroxylation is 4. The standard InChI is InChI=1S/C28H31NPSi/c1-17-21-11-7-9-18-10-8-12-22(25(18)21)28-24(17)27-26-19(13-14-29(27)2)15-20(31(4,5)6)16-23(26)30(28)3/h7,9,11,13-16H,8,10,12H2,1-6H3/q+1. The molecule has 0 bridgehead atoms. The number of benzene rings is 3. The summed E-state index contributed by atoms with van der Waals surface area (Å²) in [4.78, 5) is 0. The highest BCUT2D eigenvalue weighted by Crippen LogP contribution is 2.48. The van der Waals surface area contributed by atoms with Crippen molar-refractivity contribution >= 4 is 53.3 Å². The molecule has 2 heterocycles. The monoisotopic (exact) mass is 440 g/mol. The van der Waals surface area contributed by atoms with Crippen molar-refractivity contribution in [2.45, 2.75) is 45.8 Å². The SMILES string of the molecule is Cc1c2c(c3c4c(cccc14)CCC3)P(C)c1cc([Si](C)(C)C)cc3cc[n+](C)c-2c13. The smallest absolute Gasteiger partial charge is 0.200 e. The second-order valence-corrected chi connectivity index (χ2v) is 17.7. The van der Waals surface area contributed by atoms with E-state index in [1.807, 2.05) is 0 Å². The molecule has 3 aromatic carbocycles. The molecule has 0 saturated heterocycles. The third kappa shape index (κ3) is 2.61. The molecule has 0 N–H and O–H groups in total. The third-order valence-corrected chi connectivity index (χ3v) is 11.9. The van der Waals surface area contributed by atoms with Gasteiger partial charge in [-0.3, -0.25) is 0 Å². The molecule has 1 aromatic heterocycles. The number of hydrogen-bond acceptors (Lipinski definition) is 0. The van der Waals surface area contributed by atoms with E-state index in [1.165, 1.54) is 52.2 Å². The summed E-state index contributed by atoms with van der Waals surface area (Å²) in [5, 5.41) is 10.9. The van der Waals surface area contributed by atoms with Crippen LogP contribution in [0.5, 0.6) is 0 Å². The molecule has 1 nitrogen and oxygen atoms in total. The average molecular weight is 441 g/mol. The Morgan fingerprint density at radius 2 is 1.81 bits per heavy atom. The summed E-state index contributed by atoms with van der Waals surface area (Å²) in [6.45, 7) is 12.3. The van der Waals surface area contributed by atoms with Crippen LogP contribution < -0.4 is 20.4 Å². The zero-order chi connectivity index (χ0) is 21.7. The van der Waals surface area contributed by atoms with Crippen LogP contribution in [0.15, 0.2) is 42.6 Å². The predicted molar refractivity (Wildman–Crippen MR) is 140 cm³/mol. The van der Waals surface area contributed by atoms with Gasteiger partial charge in [-0.2, -0.15) is 0 Å². The van der Waals surface area contributed by atoms with Gasteiger partial charge in [-0.05, 0) is 84.2 Å². The normalized spacial score (nSPS) is 17.3. The maximum absolute atomic E-state index is 2.60. The van der Waals surface area contributed by atoms with Crippen molar-refractivity contribution in [3.05, 3.63) is 59.3 Å². The van der Waals surface area contributed by atoms with Crippen molar-refractivity contribution in [1.82, 2.24) is 0 Å². The zero-order valence-electron chi connectivity index (χ0n) is 19.6. The molecule has 2 aliphatic rings. The van der Waals surface area contributed by atoms with Crippen LogP contribution in [0, 0.1) is 6.92 Å². The summed E-state index contributed by atoms with van der Waals surface area (Å²) in [7, 11) is 0.469. The molecule has 1 aliphatic heterocycles. The number of rotatable bonds is 1. The maximum atomic E-state index is 2.60. The van der Waals surface area contributed by atoms with E-state index in [0.29, 0.717) is 0 Å². The van der Waals surface area contributed by atoms with Crippen molar-refractivity contribution in [1.29, 1.82) is 0 Å².